The topological polar surface area (TPSA) is 87.2 Å². The molecule has 2 fully saturated rings. The Morgan fingerprint density at radius 2 is 1.79 bits per heavy atom. The first-order valence-electron chi connectivity index (χ1n) is 9.84. The Labute approximate surface area is 166 Å². The Kier molecular flexibility index (Phi) is 3.09. The van der Waals surface area contributed by atoms with Gasteiger partial charge in [-0.25, -0.2) is 4.98 Å². The standard InChI is InChI=1S/C21H20N2O6/c1-20(2)28-18(24)21(19(25)29-20)9-12-6-11-7-14-15(27-10-26-14)8-13(11)22-17(12)23-5-3-4-16(21)23/h6-8,16H,3-5,9-10H2,1-2H3/t16-/m1/s1. The highest BCUT2D eigenvalue weighted by atomic mass is 16.7. The molecule has 0 amide bonds. The van der Waals surface area contributed by atoms with Gasteiger partial charge in [0.25, 0.3) is 5.79 Å². The normalized spacial score (nSPS) is 25.6. The molecular weight excluding hydrogens is 376 g/mol. The van der Waals surface area contributed by atoms with E-state index in [2.05, 4.69) is 4.90 Å². The summed E-state index contributed by atoms with van der Waals surface area (Å²) in [5.41, 5.74) is 0.276. The number of ether oxygens (including phenoxy) is 4. The molecule has 5 heterocycles. The molecule has 150 valence electrons. The van der Waals surface area contributed by atoms with E-state index in [1.54, 1.807) is 13.8 Å². The lowest BCUT2D eigenvalue weighted by molar-refractivity contribution is -0.252. The lowest BCUT2D eigenvalue weighted by Crippen LogP contribution is -2.64. The van der Waals surface area contributed by atoms with Crippen LogP contribution in [-0.4, -0.2) is 42.1 Å². The second-order valence-electron chi connectivity index (χ2n) is 8.55. The SMILES string of the molecule is CC1(C)OC(=O)C2(Cc3cc4cc5c(cc4nc3N3CCC[C@@H]32)OCO5)C(=O)O1. The number of hydrogen-bond acceptors (Lipinski definition) is 8. The van der Waals surface area contributed by atoms with Crippen LogP contribution >= 0.6 is 0 Å². The van der Waals surface area contributed by atoms with E-state index in [9.17, 15) is 9.59 Å². The van der Waals surface area contributed by atoms with E-state index in [0.717, 1.165) is 35.2 Å². The van der Waals surface area contributed by atoms with Gasteiger partial charge < -0.3 is 23.8 Å². The number of fused-ring (bicyclic) bond motifs is 6. The van der Waals surface area contributed by atoms with Gasteiger partial charge in [0, 0.05) is 38.3 Å². The zero-order valence-electron chi connectivity index (χ0n) is 16.2. The number of aromatic nitrogens is 1. The van der Waals surface area contributed by atoms with Gasteiger partial charge in [-0.15, -0.1) is 0 Å². The molecule has 0 saturated carbocycles. The number of cyclic esters (lactones) is 2. The quantitative estimate of drug-likeness (QED) is 0.495. The van der Waals surface area contributed by atoms with Gasteiger partial charge in [-0.3, -0.25) is 9.59 Å². The van der Waals surface area contributed by atoms with E-state index >= 15 is 0 Å². The van der Waals surface area contributed by atoms with Crippen LogP contribution in [0.3, 0.4) is 0 Å². The summed E-state index contributed by atoms with van der Waals surface area (Å²) >= 11 is 0. The Balaban J connectivity index is 1.53. The van der Waals surface area contributed by atoms with Crippen molar-refractivity contribution in [3.05, 3.63) is 23.8 Å². The minimum absolute atomic E-state index is 0.191. The maximum atomic E-state index is 13.2. The van der Waals surface area contributed by atoms with Crippen LogP contribution < -0.4 is 14.4 Å². The van der Waals surface area contributed by atoms with Gasteiger partial charge in [-0.2, -0.15) is 0 Å². The smallest absolute Gasteiger partial charge is 0.329 e. The number of anilines is 1. The molecule has 8 nitrogen and oxygen atoms in total. The number of carbonyl (C=O) groups is 2. The van der Waals surface area contributed by atoms with Crippen molar-refractivity contribution in [1.82, 2.24) is 4.98 Å². The molecule has 2 aromatic rings. The van der Waals surface area contributed by atoms with Crippen molar-refractivity contribution in [2.24, 2.45) is 5.41 Å². The monoisotopic (exact) mass is 396 g/mol. The van der Waals surface area contributed by atoms with Crippen molar-refractivity contribution in [3.8, 4) is 11.5 Å². The second kappa shape index (κ2) is 5.31. The van der Waals surface area contributed by atoms with Crippen molar-refractivity contribution in [1.29, 1.82) is 0 Å². The number of pyridine rings is 1. The molecular formula is C21H20N2O6. The predicted octanol–water partition coefficient (Wildman–Crippen LogP) is 2.31. The van der Waals surface area contributed by atoms with Crippen molar-refractivity contribution < 1.29 is 28.5 Å². The first-order chi connectivity index (χ1) is 13.9. The number of rotatable bonds is 0. The third kappa shape index (κ3) is 2.17. The van der Waals surface area contributed by atoms with E-state index in [1.165, 1.54) is 0 Å². The Bertz CT molecular complexity index is 1070. The fourth-order valence-corrected chi connectivity index (χ4v) is 5.08. The molecule has 0 N–H and O–H groups in total. The first-order valence-corrected chi connectivity index (χ1v) is 9.84. The number of benzene rings is 1. The highest BCUT2D eigenvalue weighted by Gasteiger charge is 2.64. The predicted molar refractivity (Wildman–Crippen MR) is 101 cm³/mol. The number of esters is 2. The molecule has 0 radical (unpaired) electrons. The van der Waals surface area contributed by atoms with Crippen molar-refractivity contribution in [3.63, 3.8) is 0 Å². The van der Waals surface area contributed by atoms with Gasteiger partial charge in [0.05, 0.1) is 11.6 Å². The van der Waals surface area contributed by atoms with Gasteiger partial charge in [0.15, 0.2) is 16.9 Å². The molecule has 2 saturated heterocycles. The minimum Gasteiger partial charge on any atom is -0.454 e. The molecule has 1 aromatic carbocycles. The minimum atomic E-state index is -1.36. The molecule has 8 heteroatoms. The summed E-state index contributed by atoms with van der Waals surface area (Å²) in [6, 6.07) is 5.42. The number of carbonyl (C=O) groups excluding carboxylic acids is 2. The van der Waals surface area contributed by atoms with Crippen LogP contribution in [0.4, 0.5) is 5.82 Å². The summed E-state index contributed by atoms with van der Waals surface area (Å²) in [6.45, 7) is 4.08. The van der Waals surface area contributed by atoms with Gasteiger partial charge >= 0.3 is 11.9 Å². The second-order valence-corrected chi connectivity index (χ2v) is 8.55. The first kappa shape index (κ1) is 16.9. The van der Waals surface area contributed by atoms with Gasteiger partial charge in [-0.05, 0) is 30.5 Å². The van der Waals surface area contributed by atoms with E-state index in [4.69, 9.17) is 23.9 Å². The van der Waals surface area contributed by atoms with Gasteiger partial charge in [0.1, 0.15) is 5.82 Å². The van der Waals surface area contributed by atoms with E-state index in [1.807, 2.05) is 18.2 Å². The zero-order valence-corrected chi connectivity index (χ0v) is 16.2. The van der Waals surface area contributed by atoms with Crippen LogP contribution in [0.15, 0.2) is 18.2 Å². The van der Waals surface area contributed by atoms with Crippen LogP contribution in [0.25, 0.3) is 10.9 Å². The Morgan fingerprint density at radius 3 is 2.55 bits per heavy atom. The number of nitrogens with zero attached hydrogens (tertiary/aromatic N) is 2. The maximum Gasteiger partial charge on any atom is 0.329 e. The summed E-state index contributed by atoms with van der Waals surface area (Å²) in [5, 5.41) is 0.874. The highest BCUT2D eigenvalue weighted by Crippen LogP contribution is 2.50. The van der Waals surface area contributed by atoms with Gasteiger partial charge in [0.2, 0.25) is 6.79 Å². The lowest BCUT2D eigenvalue weighted by Gasteiger charge is -2.48. The van der Waals surface area contributed by atoms with Crippen LogP contribution in [-0.2, 0) is 25.5 Å². The van der Waals surface area contributed by atoms with E-state index < -0.39 is 23.1 Å². The molecule has 0 bridgehead atoms. The molecule has 0 aliphatic carbocycles. The summed E-state index contributed by atoms with van der Waals surface area (Å²) in [7, 11) is 0. The number of hydrogen-bond donors (Lipinski definition) is 0. The average molecular weight is 396 g/mol. The summed E-state index contributed by atoms with van der Waals surface area (Å²) in [5.74, 6) is -0.101. The average Bonchev–Trinajstić information content (AvgIpc) is 3.31. The molecule has 4 aliphatic rings. The summed E-state index contributed by atoms with van der Waals surface area (Å²) in [6.07, 6.45) is 1.80. The third-order valence-electron chi connectivity index (χ3n) is 6.33. The fourth-order valence-electron chi connectivity index (χ4n) is 5.08. The molecule has 29 heavy (non-hydrogen) atoms. The molecule has 6 rings (SSSR count). The Hall–Kier alpha value is -3.03. The molecule has 4 aliphatic heterocycles. The zero-order chi connectivity index (χ0) is 20.0. The molecule has 1 atom stereocenters. The molecule has 1 spiro atoms. The van der Waals surface area contributed by atoms with Crippen LogP contribution in [0, 0.1) is 5.41 Å². The van der Waals surface area contributed by atoms with Crippen LogP contribution in [0.1, 0.15) is 32.3 Å². The van der Waals surface area contributed by atoms with E-state index in [0.29, 0.717) is 17.9 Å². The Morgan fingerprint density at radius 1 is 1.07 bits per heavy atom. The largest absolute Gasteiger partial charge is 0.454 e. The maximum absolute atomic E-state index is 13.2. The summed E-state index contributed by atoms with van der Waals surface area (Å²) in [4.78, 5) is 33.3. The molecule has 0 unspecified atom stereocenters. The lowest BCUT2D eigenvalue weighted by atomic mass is 9.71. The summed E-state index contributed by atoms with van der Waals surface area (Å²) < 4.78 is 22.0. The third-order valence-corrected chi connectivity index (χ3v) is 6.33. The highest BCUT2D eigenvalue weighted by molar-refractivity contribution is 6.04. The fraction of sp³-hybridized carbons (Fsp3) is 0.476. The van der Waals surface area contributed by atoms with Crippen molar-refractivity contribution >= 4 is 28.7 Å². The van der Waals surface area contributed by atoms with Crippen LogP contribution in [0.2, 0.25) is 0 Å². The van der Waals surface area contributed by atoms with E-state index in [-0.39, 0.29) is 19.3 Å². The van der Waals surface area contributed by atoms with Crippen molar-refractivity contribution in [2.75, 3.05) is 18.2 Å². The van der Waals surface area contributed by atoms with Crippen molar-refractivity contribution in [2.45, 2.75) is 44.9 Å². The molecule has 1 aromatic heterocycles. The van der Waals surface area contributed by atoms with Gasteiger partial charge in [-0.1, -0.05) is 0 Å². The van der Waals surface area contributed by atoms with Crippen LogP contribution in [0.5, 0.6) is 11.5 Å².